The van der Waals surface area contributed by atoms with Crippen molar-refractivity contribution >= 4 is 65.0 Å². The molecule has 1 aliphatic heterocycles. The lowest BCUT2D eigenvalue weighted by Crippen LogP contribution is -2.36. The molecule has 18 heteroatoms. The first-order chi connectivity index (χ1) is 23.9. The summed E-state index contributed by atoms with van der Waals surface area (Å²) >= 11 is 1.23. The zero-order valence-electron chi connectivity index (χ0n) is 29.1. The normalized spacial score (nSPS) is 14.0. The van der Waals surface area contributed by atoms with Crippen molar-refractivity contribution in [2.24, 2.45) is 11.8 Å². The van der Waals surface area contributed by atoms with Crippen LogP contribution in [0, 0.1) is 11.8 Å². The second-order valence-electron chi connectivity index (χ2n) is 12.3. The Morgan fingerprint density at radius 2 is 1.24 bits per heavy atom. The van der Waals surface area contributed by atoms with Crippen molar-refractivity contribution in [3.63, 3.8) is 0 Å². The number of hydrogen-bond donors (Lipinski definition) is 2. The Morgan fingerprint density at radius 3 is 1.76 bits per heavy atom. The van der Waals surface area contributed by atoms with Crippen LogP contribution in [0.15, 0.2) is 30.3 Å². The van der Waals surface area contributed by atoms with E-state index in [-0.39, 0.29) is 37.7 Å². The van der Waals surface area contributed by atoms with E-state index in [1.165, 1.54) is 39.4 Å². The predicted octanol–water partition coefficient (Wildman–Crippen LogP) is 3.00. The largest absolute Gasteiger partial charge is 0.493 e. The van der Waals surface area contributed by atoms with E-state index in [2.05, 4.69) is 0 Å². The van der Waals surface area contributed by atoms with Gasteiger partial charge in [-0.1, -0.05) is 13.8 Å². The van der Waals surface area contributed by atoms with Gasteiger partial charge in [-0.25, -0.2) is 16.8 Å². The van der Waals surface area contributed by atoms with Crippen molar-refractivity contribution in [2.75, 3.05) is 39.9 Å². The van der Waals surface area contributed by atoms with Crippen molar-refractivity contribution in [1.82, 2.24) is 14.3 Å². The fourth-order valence-corrected chi connectivity index (χ4v) is 7.41. The van der Waals surface area contributed by atoms with Crippen molar-refractivity contribution in [3.05, 3.63) is 46.3 Å². The van der Waals surface area contributed by atoms with Gasteiger partial charge in [0.25, 0.3) is 0 Å². The van der Waals surface area contributed by atoms with Crippen LogP contribution in [0.1, 0.15) is 53.9 Å². The summed E-state index contributed by atoms with van der Waals surface area (Å²) in [5.41, 5.74) is 1.73. The molecule has 1 aromatic heterocycles. The van der Waals surface area contributed by atoms with E-state index in [0.717, 1.165) is 33.7 Å². The molecule has 2 N–H and O–H groups in total. The minimum atomic E-state index is -3.73. The Hall–Kier alpha value is -4.42. The standard InChI is InChI=1S/C33H41N3O12S3/c1-19(32(39)34-50(5,41)42)10-24(37)30-15-21-12-27(26(46-4)16-29(21)49-30)47-8-7-9-48-28-14-23-18-36(17-22(23)13-25(28)45-3)31(38)11-20(2)33(40)35-51(6,43)44/h12-16,19-20H,7-11,17-18H2,1-6H3,(H,34,39)(H,35,40)/t19-,20-/m0/s1. The summed E-state index contributed by atoms with van der Waals surface area (Å²) in [4.78, 5) is 52.0. The topological polar surface area (TPSA) is 201 Å². The summed E-state index contributed by atoms with van der Waals surface area (Å²) in [6.45, 7) is 4.14. The van der Waals surface area contributed by atoms with Crippen molar-refractivity contribution in [1.29, 1.82) is 0 Å². The molecule has 278 valence electrons. The summed E-state index contributed by atoms with van der Waals surface area (Å²) in [5, 5.41) is 0.741. The number of carbonyl (C=O) groups is 4. The Labute approximate surface area is 300 Å². The van der Waals surface area contributed by atoms with Gasteiger partial charge in [-0.3, -0.25) is 28.6 Å². The number of thiophene rings is 1. The number of methoxy groups -OCH3 is 2. The molecule has 0 bridgehead atoms. The highest BCUT2D eigenvalue weighted by atomic mass is 32.2. The van der Waals surface area contributed by atoms with Crippen LogP contribution in [0.4, 0.5) is 0 Å². The summed E-state index contributed by atoms with van der Waals surface area (Å²) < 4.78 is 73.1. The number of sulfonamides is 2. The van der Waals surface area contributed by atoms with Gasteiger partial charge in [-0.2, -0.15) is 0 Å². The second-order valence-corrected chi connectivity index (χ2v) is 16.9. The summed E-state index contributed by atoms with van der Waals surface area (Å²) in [6, 6.07) is 8.84. The fraction of sp³-hybridized carbons (Fsp3) is 0.455. The SMILES string of the molecule is COc1cc2c(cc1OCCCOc1cc3cc(C(=O)C[C@H](C)C(=O)NS(C)(=O)=O)sc3cc1OC)CN(C(=O)C[C@H](C)C(=O)NS(C)(=O)=O)C2. The number of carbonyl (C=O) groups excluding carboxylic acids is 4. The average Bonchev–Trinajstić information content (AvgIpc) is 3.65. The Morgan fingerprint density at radius 1 is 0.745 bits per heavy atom. The molecule has 1 aliphatic rings. The van der Waals surface area contributed by atoms with E-state index < -0.39 is 43.7 Å². The first-order valence-electron chi connectivity index (χ1n) is 15.8. The van der Waals surface area contributed by atoms with Crippen LogP contribution >= 0.6 is 11.3 Å². The van der Waals surface area contributed by atoms with E-state index in [1.54, 1.807) is 29.2 Å². The Bertz CT molecular complexity index is 2040. The number of ketones is 1. The van der Waals surface area contributed by atoms with Crippen LogP contribution in [0.2, 0.25) is 0 Å². The van der Waals surface area contributed by atoms with E-state index >= 15 is 0 Å². The van der Waals surface area contributed by atoms with E-state index in [4.69, 9.17) is 18.9 Å². The molecule has 15 nitrogen and oxygen atoms in total. The average molecular weight is 768 g/mol. The first-order valence-corrected chi connectivity index (χ1v) is 20.4. The molecule has 0 aliphatic carbocycles. The highest BCUT2D eigenvalue weighted by Gasteiger charge is 2.29. The van der Waals surface area contributed by atoms with Crippen LogP contribution in [-0.2, 0) is 47.5 Å². The third-order valence-corrected chi connectivity index (χ3v) is 10.2. The van der Waals surface area contributed by atoms with Gasteiger partial charge in [0, 0.05) is 55.0 Å². The minimum Gasteiger partial charge on any atom is -0.493 e. The van der Waals surface area contributed by atoms with Gasteiger partial charge in [0.15, 0.2) is 28.8 Å². The van der Waals surface area contributed by atoms with Gasteiger partial charge >= 0.3 is 0 Å². The lowest BCUT2D eigenvalue weighted by atomic mass is 10.0. The molecule has 51 heavy (non-hydrogen) atoms. The van der Waals surface area contributed by atoms with Gasteiger partial charge in [0.05, 0.1) is 44.8 Å². The molecule has 2 heterocycles. The molecule has 0 saturated carbocycles. The fourth-order valence-electron chi connectivity index (χ4n) is 5.26. The van der Waals surface area contributed by atoms with E-state index in [1.807, 2.05) is 15.5 Å². The monoisotopic (exact) mass is 767 g/mol. The Kier molecular flexibility index (Phi) is 12.6. The number of hydrogen-bond acceptors (Lipinski definition) is 13. The van der Waals surface area contributed by atoms with E-state index in [9.17, 15) is 36.0 Å². The highest BCUT2D eigenvalue weighted by Crippen LogP contribution is 2.38. The first kappa shape index (κ1) is 39.4. The molecule has 0 spiro atoms. The molecule has 2 aromatic carbocycles. The minimum absolute atomic E-state index is 0.145. The number of ether oxygens (including phenoxy) is 4. The molecule has 3 aromatic rings. The Balaban J connectivity index is 1.32. The molecule has 0 unspecified atom stereocenters. The molecular formula is C33H41N3O12S3. The van der Waals surface area contributed by atoms with Gasteiger partial charge in [0.1, 0.15) is 0 Å². The van der Waals surface area contributed by atoms with Crippen LogP contribution < -0.4 is 28.4 Å². The second kappa shape index (κ2) is 16.3. The zero-order valence-corrected chi connectivity index (χ0v) is 31.5. The summed E-state index contributed by atoms with van der Waals surface area (Å²) in [6.07, 6.45) is 1.94. The maximum atomic E-state index is 12.9. The van der Waals surface area contributed by atoms with Gasteiger partial charge in [-0.15, -0.1) is 11.3 Å². The molecule has 0 saturated heterocycles. The number of fused-ring (bicyclic) bond motifs is 2. The zero-order chi connectivity index (χ0) is 37.7. The quantitative estimate of drug-likeness (QED) is 0.151. The number of nitrogens with zero attached hydrogens (tertiary/aromatic N) is 1. The molecular weight excluding hydrogens is 727 g/mol. The number of Topliss-reactive ketones (excluding diaryl/α,β-unsaturated/α-hetero) is 1. The lowest BCUT2D eigenvalue weighted by molar-refractivity contribution is -0.135. The third-order valence-electron chi connectivity index (χ3n) is 7.88. The lowest BCUT2D eigenvalue weighted by Gasteiger charge is -2.18. The summed E-state index contributed by atoms with van der Waals surface area (Å²) in [5.74, 6) is -1.81. The number of rotatable bonds is 17. The van der Waals surface area contributed by atoms with Crippen LogP contribution in [0.25, 0.3) is 10.1 Å². The number of benzene rings is 2. The van der Waals surface area contributed by atoms with Gasteiger partial charge < -0.3 is 23.8 Å². The molecule has 0 fully saturated rings. The van der Waals surface area contributed by atoms with Gasteiger partial charge in [0.2, 0.25) is 37.8 Å². The van der Waals surface area contributed by atoms with Crippen molar-refractivity contribution in [3.8, 4) is 23.0 Å². The van der Waals surface area contributed by atoms with Crippen LogP contribution in [0.5, 0.6) is 23.0 Å². The maximum Gasteiger partial charge on any atom is 0.236 e. The van der Waals surface area contributed by atoms with E-state index in [0.29, 0.717) is 47.4 Å². The van der Waals surface area contributed by atoms with Crippen molar-refractivity contribution in [2.45, 2.75) is 46.2 Å². The number of nitrogens with one attached hydrogen (secondary N) is 2. The molecule has 0 radical (unpaired) electrons. The third kappa shape index (κ3) is 10.8. The summed E-state index contributed by atoms with van der Waals surface area (Å²) in [7, 11) is -4.44. The number of amides is 3. The molecule has 3 amide bonds. The van der Waals surface area contributed by atoms with Crippen molar-refractivity contribution < 1.29 is 55.0 Å². The highest BCUT2D eigenvalue weighted by molar-refractivity contribution is 7.89. The van der Waals surface area contributed by atoms with Crippen LogP contribution in [-0.4, -0.2) is 85.2 Å². The molecule has 4 rings (SSSR count). The molecule has 2 atom stereocenters. The predicted molar refractivity (Wildman–Crippen MR) is 189 cm³/mol. The van der Waals surface area contributed by atoms with Gasteiger partial charge in [-0.05, 0) is 40.8 Å². The smallest absolute Gasteiger partial charge is 0.236 e. The van der Waals surface area contributed by atoms with Crippen LogP contribution in [0.3, 0.4) is 0 Å². The maximum absolute atomic E-state index is 12.9.